The minimum Gasteiger partial charge on any atom is -0.320 e. The van der Waals surface area contributed by atoms with E-state index in [4.69, 9.17) is 9.98 Å². The van der Waals surface area contributed by atoms with Crippen molar-refractivity contribution in [2.45, 2.75) is 25.6 Å². The maximum absolute atomic E-state index is 5.49. The Hall–Kier alpha value is -6.52. The third-order valence-corrected chi connectivity index (χ3v) is 11.3. The summed E-state index contributed by atoms with van der Waals surface area (Å²) in [6, 6.07) is 62.0. The molecule has 10 rings (SSSR count). The Morgan fingerprint density at radius 2 is 1.08 bits per heavy atom. The first-order chi connectivity index (χ1) is 26.0. The van der Waals surface area contributed by atoms with Crippen LogP contribution < -0.4 is 0 Å². The monoisotopic (exact) mass is 682 g/mol. The number of fused-ring (bicyclic) bond motifs is 6. The van der Waals surface area contributed by atoms with Crippen LogP contribution in [0.15, 0.2) is 180 Å². The first kappa shape index (κ1) is 31.2. The number of nitrogens with zero attached hydrogens (tertiary/aromatic N) is 4. The molecule has 4 nitrogen and oxygen atoms in total. The van der Waals surface area contributed by atoms with Crippen LogP contribution in [-0.2, 0) is 5.41 Å². The molecule has 1 aromatic heterocycles. The van der Waals surface area contributed by atoms with Gasteiger partial charge in [-0.2, -0.15) is 0 Å². The van der Waals surface area contributed by atoms with Gasteiger partial charge in [0.15, 0.2) is 5.84 Å². The lowest BCUT2D eigenvalue weighted by Crippen LogP contribution is -2.38. The molecule has 2 heterocycles. The molecule has 7 aromatic carbocycles. The molecule has 1 aliphatic heterocycles. The molecule has 8 aromatic rings. The topological polar surface area (TPSA) is 32.9 Å². The van der Waals surface area contributed by atoms with Gasteiger partial charge in [0, 0.05) is 28.9 Å². The lowest BCUT2D eigenvalue weighted by Gasteiger charge is -2.35. The zero-order valence-electron chi connectivity index (χ0n) is 30.0. The average Bonchev–Trinajstić information content (AvgIpc) is 3.70. The maximum atomic E-state index is 5.49. The summed E-state index contributed by atoms with van der Waals surface area (Å²) >= 11 is 0. The molecule has 0 saturated heterocycles. The Balaban J connectivity index is 1.26. The number of rotatable bonds is 5. The van der Waals surface area contributed by atoms with Crippen molar-refractivity contribution >= 4 is 33.5 Å². The van der Waals surface area contributed by atoms with Gasteiger partial charge in [0.05, 0.1) is 16.4 Å². The minimum absolute atomic E-state index is 0.395. The lowest BCUT2D eigenvalue weighted by molar-refractivity contribution is 0.297. The quantitative estimate of drug-likeness (QED) is 0.178. The van der Waals surface area contributed by atoms with Crippen LogP contribution in [0.25, 0.3) is 32.9 Å². The van der Waals surface area contributed by atoms with Gasteiger partial charge in [-0.3, -0.25) is 0 Å². The molecule has 0 fully saturated rings. The average molecular weight is 683 g/mol. The molecular weight excluding hydrogens is 645 g/mol. The van der Waals surface area contributed by atoms with E-state index >= 15 is 0 Å². The highest BCUT2D eigenvalue weighted by molar-refractivity contribution is 6.13. The molecule has 4 heteroatoms. The van der Waals surface area contributed by atoms with Crippen molar-refractivity contribution < 1.29 is 0 Å². The van der Waals surface area contributed by atoms with Crippen LogP contribution in [0.5, 0.6) is 0 Å². The lowest BCUT2D eigenvalue weighted by atomic mass is 9.67. The minimum atomic E-state index is -0.507. The zero-order valence-corrected chi connectivity index (χ0v) is 30.0. The highest BCUT2D eigenvalue weighted by Gasteiger charge is 2.46. The summed E-state index contributed by atoms with van der Waals surface area (Å²) in [6.07, 6.45) is -0.395. The van der Waals surface area contributed by atoms with E-state index in [9.17, 15) is 0 Å². The van der Waals surface area contributed by atoms with Crippen molar-refractivity contribution in [3.8, 4) is 11.1 Å². The van der Waals surface area contributed by atoms with E-state index < -0.39 is 11.7 Å². The number of aromatic nitrogens is 1. The molecule has 0 saturated carbocycles. The highest BCUT2D eigenvalue weighted by atomic mass is 15.4. The largest absolute Gasteiger partial charge is 0.320 e. The normalized spacial score (nSPS) is 16.0. The van der Waals surface area contributed by atoms with Crippen LogP contribution in [0, 0.1) is 13.8 Å². The first-order valence-electron chi connectivity index (χ1n) is 18.3. The summed E-state index contributed by atoms with van der Waals surface area (Å²) in [5.41, 5.74) is 13.9. The summed E-state index contributed by atoms with van der Waals surface area (Å²) in [5, 5.41) is 2.40. The summed E-state index contributed by atoms with van der Waals surface area (Å²) in [6.45, 7) is 4.24. The van der Waals surface area contributed by atoms with Crippen LogP contribution in [0.2, 0.25) is 0 Å². The molecule has 53 heavy (non-hydrogen) atoms. The number of aryl methyl sites for hydroxylation is 2. The molecule has 0 spiro atoms. The smallest absolute Gasteiger partial charge is 0.206 e. The molecule has 254 valence electrons. The Kier molecular flexibility index (Phi) is 7.09. The Bertz CT molecular complexity index is 2710. The second kappa shape index (κ2) is 12.0. The van der Waals surface area contributed by atoms with E-state index in [1.54, 1.807) is 0 Å². The van der Waals surface area contributed by atoms with Gasteiger partial charge in [0.1, 0.15) is 5.84 Å². The molecule has 0 bridgehead atoms. The van der Waals surface area contributed by atoms with E-state index in [0.29, 0.717) is 0 Å². The van der Waals surface area contributed by atoms with E-state index in [-0.39, 0.29) is 0 Å². The van der Waals surface area contributed by atoms with Crippen LogP contribution in [-0.4, -0.2) is 28.2 Å². The highest BCUT2D eigenvalue weighted by Crippen LogP contribution is 2.56. The van der Waals surface area contributed by atoms with Gasteiger partial charge in [0.2, 0.25) is 6.29 Å². The van der Waals surface area contributed by atoms with E-state index in [0.717, 1.165) is 33.8 Å². The Morgan fingerprint density at radius 1 is 0.509 bits per heavy atom. The molecule has 1 unspecified atom stereocenters. The van der Waals surface area contributed by atoms with Crippen LogP contribution in [0.4, 0.5) is 0 Å². The molecule has 0 N–H and O–H groups in total. The van der Waals surface area contributed by atoms with Gasteiger partial charge in [-0.15, -0.1) is 0 Å². The second-order valence-electron chi connectivity index (χ2n) is 14.4. The van der Waals surface area contributed by atoms with Crippen LogP contribution in [0.3, 0.4) is 0 Å². The van der Waals surface area contributed by atoms with Crippen molar-refractivity contribution in [1.82, 2.24) is 9.47 Å². The van der Waals surface area contributed by atoms with Crippen molar-refractivity contribution in [3.63, 3.8) is 0 Å². The first-order valence-corrected chi connectivity index (χ1v) is 18.3. The van der Waals surface area contributed by atoms with E-state index in [2.05, 4.69) is 200 Å². The predicted molar refractivity (Wildman–Crippen MR) is 219 cm³/mol. The fourth-order valence-corrected chi connectivity index (χ4v) is 8.75. The standard InChI is InChI=1S/C49H38N4/c1-32-21-25-34(26-22-32)46-50-47(35-27-23-33(2)24-28-35)52(3)48(51-46)53-44-20-12-9-17-40(44)41-30-29-37(31-45(41)53)49(36-13-5-4-6-14-36)42-18-10-7-15-38(42)39-16-8-11-19-43(39)49/h4-31,48H,1-3H3. The number of hydrogen-bond acceptors (Lipinski definition) is 3. The summed E-state index contributed by atoms with van der Waals surface area (Å²) in [4.78, 5) is 13.0. The number of amidine groups is 2. The van der Waals surface area contributed by atoms with Crippen molar-refractivity contribution in [3.05, 3.63) is 214 Å². The Labute approximate surface area is 310 Å². The van der Waals surface area contributed by atoms with Gasteiger partial charge in [0.25, 0.3) is 0 Å². The van der Waals surface area contributed by atoms with Gasteiger partial charge in [-0.05, 0) is 59.4 Å². The van der Waals surface area contributed by atoms with E-state index in [1.807, 2.05) is 0 Å². The van der Waals surface area contributed by atoms with Crippen LogP contribution >= 0.6 is 0 Å². The molecule has 0 amide bonds. The third kappa shape index (κ3) is 4.68. The molecular formula is C49H38N4. The molecule has 0 radical (unpaired) electrons. The maximum Gasteiger partial charge on any atom is 0.206 e. The zero-order chi connectivity index (χ0) is 35.7. The van der Waals surface area contributed by atoms with Crippen molar-refractivity contribution in [2.24, 2.45) is 9.98 Å². The third-order valence-electron chi connectivity index (χ3n) is 11.3. The number of hydrogen-bond donors (Lipinski definition) is 0. The molecule has 1 aliphatic carbocycles. The van der Waals surface area contributed by atoms with Gasteiger partial charge in [-0.25, -0.2) is 9.98 Å². The number of benzene rings is 7. The fourth-order valence-electron chi connectivity index (χ4n) is 8.75. The van der Waals surface area contributed by atoms with Crippen molar-refractivity contribution in [2.75, 3.05) is 7.05 Å². The predicted octanol–water partition coefficient (Wildman–Crippen LogP) is 11.1. The summed E-state index contributed by atoms with van der Waals surface area (Å²) < 4.78 is 2.43. The number of aliphatic imine (C=N–C) groups is 2. The van der Waals surface area contributed by atoms with Gasteiger partial charge in [-0.1, -0.05) is 169 Å². The molecule has 1 atom stereocenters. The SMILES string of the molecule is Cc1ccc(C2=NC(n3c4ccccc4c4ccc(C5(c6ccccc6)c6ccccc6-c6ccccc65)cc43)N(C)C(c3ccc(C)cc3)=N2)cc1. The van der Waals surface area contributed by atoms with Gasteiger partial charge < -0.3 is 9.47 Å². The Morgan fingerprint density at radius 3 is 1.75 bits per heavy atom. The van der Waals surface area contributed by atoms with Crippen LogP contribution in [0.1, 0.15) is 50.8 Å². The van der Waals surface area contributed by atoms with E-state index in [1.165, 1.54) is 55.3 Å². The summed E-state index contributed by atoms with van der Waals surface area (Å²) in [7, 11) is 2.12. The van der Waals surface area contributed by atoms with Gasteiger partial charge >= 0.3 is 0 Å². The molecule has 2 aliphatic rings. The van der Waals surface area contributed by atoms with Crippen molar-refractivity contribution in [1.29, 1.82) is 0 Å². The fraction of sp³-hybridized carbons (Fsp3) is 0.102. The number of para-hydroxylation sites is 1. The summed E-state index contributed by atoms with van der Waals surface area (Å²) in [5.74, 6) is 1.62. The second-order valence-corrected chi connectivity index (χ2v) is 14.4.